The molecule has 0 amide bonds. The summed E-state index contributed by atoms with van der Waals surface area (Å²) in [4.78, 5) is 18.4. The summed E-state index contributed by atoms with van der Waals surface area (Å²) in [6.45, 7) is 13.6. The van der Waals surface area contributed by atoms with E-state index in [4.69, 9.17) is 9.97 Å². The van der Waals surface area contributed by atoms with E-state index >= 15 is 0 Å². The Balaban J connectivity index is 1.67. The van der Waals surface area contributed by atoms with Crippen LogP contribution in [0.15, 0.2) is 97.6 Å². The molecule has 0 aliphatic carbocycles. The van der Waals surface area contributed by atoms with Crippen LogP contribution in [0, 0.1) is 22.9 Å². The summed E-state index contributed by atoms with van der Waals surface area (Å²) >= 11 is 0. The number of aromatic nitrogens is 4. The largest absolute Gasteiger partial charge is 0.255 e. The van der Waals surface area contributed by atoms with Gasteiger partial charge in [0.15, 0.2) is 0 Å². The lowest BCUT2D eigenvalue weighted by Crippen LogP contribution is -2.16. The molecule has 42 heavy (non-hydrogen) atoms. The lowest BCUT2D eigenvalue weighted by Gasteiger charge is -2.14. The Bertz CT molecular complexity index is 1680. The second-order valence-corrected chi connectivity index (χ2v) is 21.7. The van der Waals surface area contributed by atoms with Crippen LogP contribution in [-0.4, -0.2) is 36.1 Å². The van der Waals surface area contributed by atoms with E-state index in [0.717, 1.165) is 56.2 Å². The fourth-order valence-corrected chi connectivity index (χ4v) is 5.25. The van der Waals surface area contributed by atoms with Crippen molar-refractivity contribution in [2.45, 2.75) is 39.3 Å². The summed E-state index contributed by atoms with van der Waals surface area (Å²) in [5.41, 5.74) is 16.5. The standard InChI is InChI=1S/C36H34N4Si2/c1-41(2,3)21-17-27-23-32(30-14-16-36(40-26-30)34-12-8-10-20-38-34)28(18-22-42(4,5)6)24-31(27)29-13-15-35(39-25-29)33-11-7-9-19-37-33/h7-16,19-20,23-26H,1-6H3. The van der Waals surface area contributed by atoms with Crippen molar-refractivity contribution in [3.05, 3.63) is 109 Å². The molecule has 0 unspecified atom stereocenters. The fourth-order valence-electron chi connectivity index (χ4n) is 4.23. The lowest BCUT2D eigenvalue weighted by molar-refractivity contribution is 1.24. The van der Waals surface area contributed by atoms with Gasteiger partial charge in [0.1, 0.15) is 16.1 Å². The van der Waals surface area contributed by atoms with Crippen molar-refractivity contribution in [3.63, 3.8) is 0 Å². The van der Waals surface area contributed by atoms with Gasteiger partial charge in [0, 0.05) is 58.2 Å². The highest BCUT2D eigenvalue weighted by molar-refractivity contribution is 6.84. The Morgan fingerprint density at radius 1 is 0.476 bits per heavy atom. The number of hydrogen-bond acceptors (Lipinski definition) is 4. The zero-order valence-corrected chi connectivity index (χ0v) is 27.0. The molecule has 0 saturated carbocycles. The third kappa shape index (κ3) is 7.36. The van der Waals surface area contributed by atoms with Crippen molar-refractivity contribution >= 4 is 16.1 Å². The predicted octanol–water partition coefficient (Wildman–Crippen LogP) is 8.39. The van der Waals surface area contributed by atoms with Gasteiger partial charge in [0.25, 0.3) is 0 Å². The fraction of sp³-hybridized carbons (Fsp3) is 0.167. The first kappa shape index (κ1) is 28.9. The molecule has 5 rings (SSSR count). The maximum absolute atomic E-state index is 4.76. The molecule has 4 aromatic heterocycles. The summed E-state index contributed by atoms with van der Waals surface area (Å²) in [6, 6.07) is 24.3. The highest BCUT2D eigenvalue weighted by Crippen LogP contribution is 2.33. The second kappa shape index (κ2) is 12.1. The molecule has 0 bridgehead atoms. The monoisotopic (exact) mass is 578 g/mol. The number of hydrogen-bond donors (Lipinski definition) is 0. The van der Waals surface area contributed by atoms with E-state index in [2.05, 4.69) is 96.4 Å². The van der Waals surface area contributed by atoms with Gasteiger partial charge >= 0.3 is 0 Å². The quantitative estimate of drug-likeness (QED) is 0.159. The minimum absolute atomic E-state index is 0.837. The van der Waals surface area contributed by atoms with Crippen LogP contribution >= 0.6 is 0 Å². The van der Waals surface area contributed by atoms with Crippen LogP contribution in [0.3, 0.4) is 0 Å². The first-order valence-corrected chi connectivity index (χ1v) is 21.1. The van der Waals surface area contributed by atoms with Gasteiger partial charge in [-0.15, -0.1) is 11.1 Å². The Morgan fingerprint density at radius 2 is 0.881 bits per heavy atom. The molecule has 0 saturated heterocycles. The van der Waals surface area contributed by atoms with E-state index in [9.17, 15) is 0 Å². The maximum Gasteiger partial charge on any atom is 0.129 e. The molecule has 0 N–H and O–H groups in total. The molecule has 0 atom stereocenters. The Labute approximate surface area is 251 Å². The summed E-state index contributed by atoms with van der Waals surface area (Å²) in [6.07, 6.45) is 7.40. The lowest BCUT2D eigenvalue weighted by atomic mass is 9.92. The van der Waals surface area contributed by atoms with Gasteiger partial charge in [-0.1, -0.05) is 75.4 Å². The summed E-state index contributed by atoms with van der Waals surface area (Å²) in [5.74, 6) is 7.09. The van der Waals surface area contributed by atoms with Crippen molar-refractivity contribution in [1.29, 1.82) is 0 Å². The van der Waals surface area contributed by atoms with E-state index in [0.29, 0.717) is 0 Å². The molecular weight excluding hydrogens is 545 g/mol. The van der Waals surface area contributed by atoms with E-state index in [1.54, 1.807) is 12.4 Å². The molecule has 6 heteroatoms. The minimum Gasteiger partial charge on any atom is -0.255 e. The molecule has 4 heterocycles. The van der Waals surface area contributed by atoms with Gasteiger partial charge in [-0.3, -0.25) is 19.9 Å². The van der Waals surface area contributed by atoms with Gasteiger partial charge in [-0.2, -0.15) is 0 Å². The zero-order chi connectivity index (χ0) is 29.7. The first-order chi connectivity index (χ1) is 20.1. The Morgan fingerprint density at radius 3 is 1.19 bits per heavy atom. The average molecular weight is 579 g/mol. The zero-order valence-electron chi connectivity index (χ0n) is 25.0. The van der Waals surface area contributed by atoms with Gasteiger partial charge in [0.05, 0.1) is 22.8 Å². The third-order valence-electron chi connectivity index (χ3n) is 6.31. The van der Waals surface area contributed by atoms with E-state index in [1.807, 2.05) is 60.9 Å². The SMILES string of the molecule is C[Si](C)(C)C#Cc1cc(-c2ccc(-c3ccccn3)nc2)c(C#C[Si](C)(C)C)cc1-c1ccc(-c2ccccn2)nc1. The molecule has 1 aromatic carbocycles. The highest BCUT2D eigenvalue weighted by atomic mass is 28.3. The highest BCUT2D eigenvalue weighted by Gasteiger charge is 2.16. The Kier molecular flexibility index (Phi) is 8.31. The molecule has 5 aromatic rings. The van der Waals surface area contributed by atoms with Crippen molar-refractivity contribution in [2.24, 2.45) is 0 Å². The second-order valence-electron chi connectivity index (χ2n) is 12.2. The van der Waals surface area contributed by atoms with Crippen LogP contribution in [0.2, 0.25) is 39.3 Å². The van der Waals surface area contributed by atoms with Crippen LogP contribution in [0.4, 0.5) is 0 Å². The topological polar surface area (TPSA) is 51.6 Å². The summed E-state index contributed by atoms with van der Waals surface area (Å²) < 4.78 is 0. The van der Waals surface area contributed by atoms with Crippen molar-refractivity contribution < 1.29 is 0 Å². The third-order valence-corrected chi connectivity index (χ3v) is 8.06. The van der Waals surface area contributed by atoms with Crippen LogP contribution in [0.5, 0.6) is 0 Å². The summed E-state index contributed by atoms with van der Waals surface area (Å²) in [5, 5.41) is 0. The normalized spacial score (nSPS) is 11.2. The predicted molar refractivity (Wildman–Crippen MR) is 180 cm³/mol. The smallest absolute Gasteiger partial charge is 0.129 e. The van der Waals surface area contributed by atoms with E-state index in [1.165, 1.54) is 0 Å². The molecule has 0 spiro atoms. The van der Waals surface area contributed by atoms with Gasteiger partial charge < -0.3 is 0 Å². The van der Waals surface area contributed by atoms with Crippen LogP contribution in [-0.2, 0) is 0 Å². The van der Waals surface area contributed by atoms with Gasteiger partial charge in [-0.25, -0.2) is 0 Å². The maximum atomic E-state index is 4.76. The average Bonchev–Trinajstić information content (AvgIpc) is 2.99. The number of rotatable bonds is 4. The minimum atomic E-state index is -1.64. The number of nitrogens with zero attached hydrogens (tertiary/aromatic N) is 4. The van der Waals surface area contributed by atoms with E-state index in [-0.39, 0.29) is 0 Å². The Hall–Kier alpha value is -4.63. The molecule has 206 valence electrons. The van der Waals surface area contributed by atoms with Crippen LogP contribution in [0.25, 0.3) is 45.0 Å². The molecule has 0 radical (unpaired) electrons. The van der Waals surface area contributed by atoms with Crippen LogP contribution < -0.4 is 0 Å². The van der Waals surface area contributed by atoms with E-state index < -0.39 is 16.1 Å². The molecule has 0 fully saturated rings. The molecule has 0 aliphatic heterocycles. The molecular formula is C36H34N4Si2. The molecule has 0 aliphatic rings. The van der Waals surface area contributed by atoms with Gasteiger partial charge in [0.2, 0.25) is 0 Å². The van der Waals surface area contributed by atoms with Crippen molar-refractivity contribution in [2.75, 3.05) is 0 Å². The van der Waals surface area contributed by atoms with Crippen molar-refractivity contribution in [1.82, 2.24) is 19.9 Å². The first-order valence-electron chi connectivity index (χ1n) is 14.1. The van der Waals surface area contributed by atoms with Gasteiger partial charge in [-0.05, 0) is 48.5 Å². The van der Waals surface area contributed by atoms with Crippen molar-refractivity contribution in [3.8, 4) is 68.0 Å². The number of pyridine rings is 4. The molecule has 4 nitrogen and oxygen atoms in total. The summed E-state index contributed by atoms with van der Waals surface area (Å²) in [7, 11) is -3.28. The van der Waals surface area contributed by atoms with Crippen LogP contribution in [0.1, 0.15) is 11.1 Å². The number of benzene rings is 1.